The minimum atomic E-state index is -0.503. The van der Waals surface area contributed by atoms with Crippen molar-refractivity contribution in [2.75, 3.05) is 43.4 Å². The van der Waals surface area contributed by atoms with Gasteiger partial charge in [-0.1, -0.05) is 17.8 Å². The number of imidazole rings is 1. The van der Waals surface area contributed by atoms with Gasteiger partial charge in [0.25, 0.3) is 5.91 Å². The van der Waals surface area contributed by atoms with Crippen LogP contribution in [-0.2, 0) is 4.74 Å². The topological polar surface area (TPSA) is 116 Å². The van der Waals surface area contributed by atoms with Crippen LogP contribution in [0.15, 0.2) is 41.5 Å². The number of aromatic nitrogens is 3. The molecule has 2 aliphatic rings. The van der Waals surface area contributed by atoms with E-state index in [2.05, 4.69) is 25.2 Å². The molecule has 0 aliphatic carbocycles. The number of carbonyl (C=O) groups is 2. The summed E-state index contributed by atoms with van der Waals surface area (Å²) in [7, 11) is 0. The molecule has 1 saturated heterocycles. The first-order chi connectivity index (χ1) is 17.3. The number of rotatable bonds is 3. The number of pyridine rings is 1. The fourth-order valence-electron chi connectivity index (χ4n) is 4.09. The number of ether oxygens (including phenoxy) is 1. The molecule has 2 amide bonds. The van der Waals surface area contributed by atoms with E-state index in [9.17, 15) is 9.59 Å². The lowest BCUT2D eigenvalue weighted by atomic mass is 10.2. The first-order valence-electron chi connectivity index (χ1n) is 11.9. The third-order valence-corrected chi connectivity index (χ3v) is 6.73. The zero-order valence-electron chi connectivity index (χ0n) is 20.6. The first kappa shape index (κ1) is 24.1. The summed E-state index contributed by atoms with van der Waals surface area (Å²) in [5, 5.41) is 3.52. The summed E-state index contributed by atoms with van der Waals surface area (Å²) in [5.41, 5.74) is 2.20. The van der Waals surface area contributed by atoms with Gasteiger partial charge in [-0.15, -0.1) is 0 Å². The average Bonchev–Trinajstić information content (AvgIpc) is 3.53. The largest absolute Gasteiger partial charge is 0.444 e. The van der Waals surface area contributed by atoms with Crippen LogP contribution in [-0.4, -0.2) is 81.1 Å². The van der Waals surface area contributed by atoms with Crippen LogP contribution >= 0.6 is 11.8 Å². The van der Waals surface area contributed by atoms with Gasteiger partial charge in [-0.2, -0.15) is 0 Å². The van der Waals surface area contributed by atoms with E-state index < -0.39 is 5.60 Å². The quantitative estimate of drug-likeness (QED) is 0.557. The number of piperazine rings is 1. The Labute approximate surface area is 213 Å². The van der Waals surface area contributed by atoms with Crippen molar-refractivity contribution in [3.8, 4) is 11.4 Å². The van der Waals surface area contributed by atoms with E-state index in [1.54, 1.807) is 28.9 Å². The molecular formula is C25H29N7O3S. The van der Waals surface area contributed by atoms with E-state index in [1.807, 2.05) is 45.0 Å². The van der Waals surface area contributed by atoms with Crippen molar-refractivity contribution in [3.05, 3.63) is 42.1 Å². The lowest BCUT2D eigenvalue weighted by molar-refractivity contribution is 0.0240. The summed E-state index contributed by atoms with van der Waals surface area (Å²) in [5.74, 6) is 2.15. The molecule has 2 N–H and O–H groups in total. The zero-order valence-corrected chi connectivity index (χ0v) is 21.4. The number of benzene rings is 1. The minimum absolute atomic E-state index is 0.217. The maximum atomic E-state index is 12.8. The Morgan fingerprint density at radius 2 is 1.92 bits per heavy atom. The zero-order chi connectivity index (χ0) is 25.3. The number of hydrogen-bond acceptors (Lipinski definition) is 8. The number of carbonyl (C=O) groups excluding carboxylic acids is 2. The normalized spacial score (nSPS) is 16.2. The number of thioether (sulfide) groups is 1. The molecule has 11 heteroatoms. The van der Waals surface area contributed by atoms with Crippen molar-refractivity contribution in [3.63, 3.8) is 0 Å². The SMILES string of the molecule is CC(C)(C)OC(=O)N1CCN(c2ccc(-c3nc4c(C(=O)NC5=NCCS5)cccc4[nH]3)cn2)CC1. The molecule has 10 nitrogen and oxygen atoms in total. The Bertz CT molecular complexity index is 1310. The van der Waals surface area contributed by atoms with Gasteiger partial charge < -0.3 is 24.8 Å². The molecule has 36 heavy (non-hydrogen) atoms. The van der Waals surface area contributed by atoms with Crippen molar-refractivity contribution < 1.29 is 14.3 Å². The lowest BCUT2D eigenvalue weighted by Gasteiger charge is -2.36. The van der Waals surface area contributed by atoms with Gasteiger partial charge in [0.15, 0.2) is 5.17 Å². The summed E-state index contributed by atoms with van der Waals surface area (Å²) >= 11 is 1.54. The van der Waals surface area contributed by atoms with E-state index in [0.29, 0.717) is 48.3 Å². The van der Waals surface area contributed by atoms with Crippen LogP contribution < -0.4 is 10.2 Å². The van der Waals surface area contributed by atoms with Gasteiger partial charge in [0.2, 0.25) is 0 Å². The molecule has 4 heterocycles. The van der Waals surface area contributed by atoms with E-state index in [0.717, 1.165) is 29.2 Å². The van der Waals surface area contributed by atoms with Crippen LogP contribution in [0.1, 0.15) is 31.1 Å². The van der Waals surface area contributed by atoms with E-state index in [1.165, 1.54) is 0 Å². The highest BCUT2D eigenvalue weighted by Crippen LogP contribution is 2.25. The molecule has 2 aromatic heterocycles. The lowest BCUT2D eigenvalue weighted by Crippen LogP contribution is -2.50. The highest BCUT2D eigenvalue weighted by molar-refractivity contribution is 8.14. The van der Waals surface area contributed by atoms with Crippen LogP contribution in [0.25, 0.3) is 22.4 Å². The van der Waals surface area contributed by atoms with Gasteiger partial charge in [0.1, 0.15) is 22.8 Å². The van der Waals surface area contributed by atoms with Crippen molar-refractivity contribution in [1.29, 1.82) is 0 Å². The molecule has 5 rings (SSSR count). The smallest absolute Gasteiger partial charge is 0.410 e. The molecule has 0 bridgehead atoms. The Morgan fingerprint density at radius 3 is 2.58 bits per heavy atom. The summed E-state index contributed by atoms with van der Waals surface area (Å²) in [6.45, 7) is 8.85. The second-order valence-corrected chi connectivity index (χ2v) is 10.7. The highest BCUT2D eigenvalue weighted by Gasteiger charge is 2.26. The van der Waals surface area contributed by atoms with E-state index in [4.69, 9.17) is 9.72 Å². The number of aliphatic imine (C=N–C) groups is 1. The van der Waals surface area contributed by atoms with Crippen molar-refractivity contribution in [1.82, 2.24) is 25.2 Å². The third kappa shape index (κ3) is 5.30. The van der Waals surface area contributed by atoms with Gasteiger partial charge in [0, 0.05) is 43.7 Å². The van der Waals surface area contributed by atoms with Crippen LogP contribution in [0.4, 0.5) is 10.6 Å². The summed E-state index contributed by atoms with van der Waals surface area (Å²) < 4.78 is 5.47. The van der Waals surface area contributed by atoms with Gasteiger partial charge in [-0.25, -0.2) is 14.8 Å². The van der Waals surface area contributed by atoms with E-state index >= 15 is 0 Å². The number of nitrogens with zero attached hydrogens (tertiary/aromatic N) is 5. The van der Waals surface area contributed by atoms with Crippen LogP contribution in [0.3, 0.4) is 0 Å². The number of H-pyrrole nitrogens is 1. The number of anilines is 1. The summed E-state index contributed by atoms with van der Waals surface area (Å²) in [6, 6.07) is 9.41. The molecule has 0 radical (unpaired) electrons. The van der Waals surface area contributed by atoms with E-state index in [-0.39, 0.29) is 12.0 Å². The van der Waals surface area contributed by atoms with Crippen molar-refractivity contribution in [2.45, 2.75) is 26.4 Å². The van der Waals surface area contributed by atoms with Gasteiger partial charge >= 0.3 is 6.09 Å². The first-order valence-corrected chi connectivity index (χ1v) is 12.9. The third-order valence-electron chi connectivity index (χ3n) is 5.84. The number of para-hydroxylation sites is 1. The molecule has 0 unspecified atom stereocenters. The molecule has 1 fully saturated rings. The molecule has 188 valence electrons. The fourth-order valence-corrected chi connectivity index (χ4v) is 4.81. The summed E-state index contributed by atoms with van der Waals surface area (Å²) in [4.78, 5) is 45.9. The number of hydrogen-bond donors (Lipinski definition) is 2. The number of aromatic amines is 1. The predicted molar refractivity (Wildman–Crippen MR) is 142 cm³/mol. The number of fused-ring (bicyclic) bond motifs is 1. The molecule has 0 atom stereocenters. The molecule has 0 saturated carbocycles. The maximum absolute atomic E-state index is 12.8. The fraction of sp³-hybridized carbons (Fsp3) is 0.400. The maximum Gasteiger partial charge on any atom is 0.410 e. The number of amidine groups is 1. The Hall–Kier alpha value is -3.60. The molecule has 2 aliphatic heterocycles. The van der Waals surface area contributed by atoms with Gasteiger partial charge in [0.05, 0.1) is 17.6 Å². The van der Waals surface area contributed by atoms with Gasteiger partial charge in [-0.3, -0.25) is 9.79 Å². The molecular weight excluding hydrogens is 478 g/mol. The highest BCUT2D eigenvalue weighted by atomic mass is 32.2. The summed E-state index contributed by atoms with van der Waals surface area (Å²) in [6.07, 6.45) is 1.50. The van der Waals surface area contributed by atoms with Crippen molar-refractivity contribution >= 4 is 45.8 Å². The Morgan fingerprint density at radius 1 is 1.11 bits per heavy atom. The second-order valence-electron chi connectivity index (χ2n) is 9.64. The number of nitrogens with one attached hydrogen (secondary N) is 2. The second kappa shape index (κ2) is 9.81. The average molecular weight is 508 g/mol. The Balaban J connectivity index is 1.27. The minimum Gasteiger partial charge on any atom is -0.444 e. The number of amides is 2. The predicted octanol–water partition coefficient (Wildman–Crippen LogP) is 3.51. The molecule has 0 spiro atoms. The Kier molecular flexibility index (Phi) is 6.57. The van der Waals surface area contributed by atoms with Gasteiger partial charge in [-0.05, 0) is 45.0 Å². The molecule has 3 aromatic rings. The van der Waals surface area contributed by atoms with Crippen LogP contribution in [0.5, 0.6) is 0 Å². The standard InChI is InChI=1S/C25H29N7O3S/c1-25(2,3)35-24(34)32-12-10-31(11-13-32)19-8-7-16(15-27-19)21-28-18-6-4-5-17(20(18)29-21)22(33)30-23-26-9-14-36-23/h4-8,15H,9-14H2,1-3H3,(H,28,29)(H,26,30,33). The monoisotopic (exact) mass is 507 g/mol. The van der Waals surface area contributed by atoms with Crippen LogP contribution in [0.2, 0.25) is 0 Å². The van der Waals surface area contributed by atoms with Crippen molar-refractivity contribution in [2.24, 2.45) is 4.99 Å². The molecule has 1 aromatic carbocycles. The van der Waals surface area contributed by atoms with Crippen LogP contribution in [0, 0.1) is 0 Å².